The summed E-state index contributed by atoms with van der Waals surface area (Å²) in [4.78, 5) is 26.1. The van der Waals surface area contributed by atoms with Crippen molar-refractivity contribution in [2.45, 2.75) is 0 Å². The minimum absolute atomic E-state index is 0.0749. The molecule has 0 spiro atoms. The lowest BCUT2D eigenvalue weighted by Gasteiger charge is -2.17. The van der Waals surface area contributed by atoms with Gasteiger partial charge in [0.1, 0.15) is 11.3 Å². The van der Waals surface area contributed by atoms with E-state index in [1.807, 2.05) is 0 Å². The monoisotopic (exact) mass is 353 g/mol. The third-order valence-electron chi connectivity index (χ3n) is 3.94. The van der Waals surface area contributed by atoms with Crippen molar-refractivity contribution in [1.29, 1.82) is 0 Å². The van der Waals surface area contributed by atoms with Crippen molar-refractivity contribution < 1.29 is 14.3 Å². The average molecular weight is 353 g/mol. The second-order valence-electron chi connectivity index (χ2n) is 5.86. The lowest BCUT2D eigenvalue weighted by atomic mass is 10.1. The molecular formula is C18H19N5O3. The first-order valence-electron chi connectivity index (χ1n) is 7.97. The molecule has 2 aromatic carbocycles. The van der Waals surface area contributed by atoms with Crippen LogP contribution in [0.15, 0.2) is 42.5 Å². The van der Waals surface area contributed by atoms with Crippen molar-refractivity contribution in [3.63, 3.8) is 0 Å². The SMILES string of the molecule is COc1cccc(NC(=O)CN(C)C(=O)c2ccc3c(c2)nnn3C)c1. The highest BCUT2D eigenvalue weighted by Gasteiger charge is 2.16. The zero-order chi connectivity index (χ0) is 18.7. The van der Waals surface area contributed by atoms with Gasteiger partial charge in [0.05, 0.1) is 19.2 Å². The van der Waals surface area contributed by atoms with E-state index in [0.717, 1.165) is 5.52 Å². The zero-order valence-corrected chi connectivity index (χ0v) is 14.8. The van der Waals surface area contributed by atoms with Gasteiger partial charge in [0.25, 0.3) is 5.91 Å². The Labute approximate surface area is 150 Å². The van der Waals surface area contributed by atoms with Crippen LogP contribution in [0.1, 0.15) is 10.4 Å². The highest BCUT2D eigenvalue weighted by molar-refractivity contribution is 6.00. The minimum atomic E-state index is -0.297. The Morgan fingerprint density at radius 2 is 2.04 bits per heavy atom. The molecule has 0 unspecified atom stereocenters. The molecule has 26 heavy (non-hydrogen) atoms. The van der Waals surface area contributed by atoms with Crippen molar-refractivity contribution in [2.75, 3.05) is 26.0 Å². The summed E-state index contributed by atoms with van der Waals surface area (Å²) < 4.78 is 6.76. The van der Waals surface area contributed by atoms with E-state index in [4.69, 9.17) is 4.74 Å². The van der Waals surface area contributed by atoms with Crippen molar-refractivity contribution in [1.82, 2.24) is 19.9 Å². The Morgan fingerprint density at radius 1 is 1.23 bits per heavy atom. The topological polar surface area (TPSA) is 89.3 Å². The number of aromatic nitrogens is 3. The van der Waals surface area contributed by atoms with E-state index in [9.17, 15) is 9.59 Å². The summed E-state index contributed by atoms with van der Waals surface area (Å²) in [5.74, 6) is 0.0810. The first-order valence-corrected chi connectivity index (χ1v) is 7.97. The summed E-state index contributed by atoms with van der Waals surface area (Å²) in [5, 5.41) is 10.7. The second kappa shape index (κ2) is 7.22. The molecule has 0 radical (unpaired) electrons. The smallest absolute Gasteiger partial charge is 0.254 e. The third kappa shape index (κ3) is 3.64. The van der Waals surface area contributed by atoms with E-state index in [2.05, 4.69) is 15.6 Å². The number of amides is 2. The number of benzene rings is 2. The van der Waals surface area contributed by atoms with Gasteiger partial charge in [-0.15, -0.1) is 5.10 Å². The summed E-state index contributed by atoms with van der Waals surface area (Å²) >= 11 is 0. The summed E-state index contributed by atoms with van der Waals surface area (Å²) in [7, 11) is 4.92. The van der Waals surface area contributed by atoms with Crippen LogP contribution in [0.3, 0.4) is 0 Å². The van der Waals surface area contributed by atoms with Crippen LogP contribution in [0, 0.1) is 0 Å². The molecule has 0 saturated carbocycles. The first kappa shape index (κ1) is 17.4. The number of ether oxygens (including phenoxy) is 1. The fourth-order valence-corrected chi connectivity index (χ4v) is 2.58. The number of fused-ring (bicyclic) bond motifs is 1. The lowest BCUT2D eigenvalue weighted by Crippen LogP contribution is -2.34. The van der Waals surface area contributed by atoms with E-state index < -0.39 is 0 Å². The van der Waals surface area contributed by atoms with Gasteiger partial charge >= 0.3 is 0 Å². The maximum atomic E-state index is 12.6. The van der Waals surface area contributed by atoms with Crippen LogP contribution in [-0.2, 0) is 11.8 Å². The number of aryl methyl sites for hydroxylation is 1. The highest BCUT2D eigenvalue weighted by Crippen LogP contribution is 2.17. The van der Waals surface area contributed by atoms with Gasteiger partial charge in [0, 0.05) is 31.4 Å². The predicted molar refractivity (Wildman–Crippen MR) is 97.1 cm³/mol. The van der Waals surface area contributed by atoms with Crippen LogP contribution in [-0.4, -0.2) is 52.4 Å². The zero-order valence-electron chi connectivity index (χ0n) is 14.8. The van der Waals surface area contributed by atoms with Gasteiger partial charge in [-0.05, 0) is 30.3 Å². The Morgan fingerprint density at radius 3 is 2.81 bits per heavy atom. The van der Waals surface area contributed by atoms with Gasteiger partial charge in [-0.1, -0.05) is 11.3 Å². The second-order valence-corrected chi connectivity index (χ2v) is 5.86. The summed E-state index contributed by atoms with van der Waals surface area (Å²) in [5.41, 5.74) is 2.53. The maximum Gasteiger partial charge on any atom is 0.254 e. The number of anilines is 1. The molecular weight excluding hydrogens is 334 g/mol. The van der Waals surface area contributed by atoms with E-state index in [0.29, 0.717) is 22.5 Å². The van der Waals surface area contributed by atoms with Crippen LogP contribution in [0.5, 0.6) is 5.75 Å². The van der Waals surface area contributed by atoms with E-state index in [1.54, 1.807) is 68.4 Å². The predicted octanol–water partition coefficient (Wildman–Crippen LogP) is 1.69. The molecule has 134 valence electrons. The molecule has 0 atom stereocenters. The molecule has 8 nitrogen and oxygen atoms in total. The molecule has 0 saturated heterocycles. The number of carbonyl (C=O) groups is 2. The normalized spacial score (nSPS) is 10.6. The Kier molecular flexibility index (Phi) is 4.83. The molecule has 3 rings (SSSR count). The van der Waals surface area contributed by atoms with Gasteiger partial charge in [-0.2, -0.15) is 0 Å². The third-order valence-corrected chi connectivity index (χ3v) is 3.94. The number of hydrogen-bond donors (Lipinski definition) is 1. The summed E-state index contributed by atoms with van der Waals surface area (Å²) in [6.45, 7) is -0.0749. The Balaban J connectivity index is 1.66. The van der Waals surface area contributed by atoms with Crippen LogP contribution in [0.4, 0.5) is 5.69 Å². The van der Waals surface area contributed by atoms with Gasteiger partial charge in [0.2, 0.25) is 5.91 Å². The number of methoxy groups -OCH3 is 1. The van der Waals surface area contributed by atoms with E-state index in [1.165, 1.54) is 4.90 Å². The largest absolute Gasteiger partial charge is 0.497 e. The fourth-order valence-electron chi connectivity index (χ4n) is 2.58. The molecule has 1 heterocycles. The van der Waals surface area contributed by atoms with Crippen molar-refractivity contribution >= 4 is 28.5 Å². The fraction of sp³-hybridized carbons (Fsp3) is 0.222. The molecule has 8 heteroatoms. The molecule has 0 aliphatic heterocycles. The molecule has 2 amide bonds. The number of nitrogens with zero attached hydrogens (tertiary/aromatic N) is 4. The van der Waals surface area contributed by atoms with E-state index in [-0.39, 0.29) is 18.4 Å². The van der Waals surface area contributed by atoms with Crippen LogP contribution < -0.4 is 10.1 Å². The van der Waals surface area contributed by atoms with Crippen LogP contribution in [0.25, 0.3) is 11.0 Å². The van der Waals surface area contributed by atoms with Gasteiger partial charge < -0.3 is 15.0 Å². The average Bonchev–Trinajstić information content (AvgIpc) is 3.01. The number of rotatable bonds is 5. The van der Waals surface area contributed by atoms with E-state index >= 15 is 0 Å². The molecule has 0 fully saturated rings. The highest BCUT2D eigenvalue weighted by atomic mass is 16.5. The van der Waals surface area contributed by atoms with Crippen LogP contribution >= 0.6 is 0 Å². The molecule has 3 aromatic rings. The maximum absolute atomic E-state index is 12.6. The Bertz CT molecular complexity index is 966. The number of carbonyl (C=O) groups excluding carboxylic acids is 2. The number of hydrogen-bond acceptors (Lipinski definition) is 5. The molecule has 0 aliphatic carbocycles. The number of nitrogens with one attached hydrogen (secondary N) is 1. The van der Waals surface area contributed by atoms with Crippen molar-refractivity contribution in [3.05, 3.63) is 48.0 Å². The summed E-state index contributed by atoms with van der Waals surface area (Å²) in [6.07, 6.45) is 0. The quantitative estimate of drug-likeness (QED) is 0.754. The number of likely N-dealkylation sites (N-methyl/N-ethyl adjacent to an activating group) is 1. The van der Waals surface area contributed by atoms with Gasteiger partial charge in [-0.3, -0.25) is 9.59 Å². The van der Waals surface area contributed by atoms with Gasteiger partial charge in [0.15, 0.2) is 0 Å². The molecule has 0 aliphatic rings. The van der Waals surface area contributed by atoms with Crippen LogP contribution in [0.2, 0.25) is 0 Å². The molecule has 0 bridgehead atoms. The molecule has 1 aromatic heterocycles. The Hall–Kier alpha value is -3.42. The first-order chi connectivity index (χ1) is 12.5. The lowest BCUT2D eigenvalue weighted by molar-refractivity contribution is -0.116. The summed E-state index contributed by atoms with van der Waals surface area (Å²) in [6, 6.07) is 12.2. The van der Waals surface area contributed by atoms with Crippen molar-refractivity contribution in [3.8, 4) is 5.75 Å². The standard InChI is InChI=1S/C18H19N5O3/c1-22(11-17(24)19-13-5-4-6-14(10-13)26-3)18(25)12-7-8-16-15(9-12)20-21-23(16)2/h4-10H,11H2,1-3H3,(H,19,24). The molecule has 1 N–H and O–H groups in total. The van der Waals surface area contributed by atoms with Crippen molar-refractivity contribution in [2.24, 2.45) is 7.05 Å². The van der Waals surface area contributed by atoms with Gasteiger partial charge in [-0.25, -0.2) is 4.68 Å². The minimum Gasteiger partial charge on any atom is -0.497 e.